The Hall–Kier alpha value is -0.770. The third-order valence-corrected chi connectivity index (χ3v) is 2.91. The second kappa shape index (κ2) is 6.09. The minimum atomic E-state index is -0.495. The summed E-state index contributed by atoms with van der Waals surface area (Å²) in [6, 6.07) is 4.67. The summed E-state index contributed by atoms with van der Waals surface area (Å²) >= 11 is 11.8. The van der Waals surface area contributed by atoms with Gasteiger partial charge in [-0.05, 0) is 18.6 Å². The second-order valence-corrected chi connectivity index (χ2v) is 4.04. The number of hydrogen-bond acceptors (Lipinski definition) is 3. The van der Waals surface area contributed by atoms with Crippen LogP contribution >= 0.6 is 23.2 Å². The first-order chi connectivity index (χ1) is 7.56. The molecule has 0 bridgehead atoms. The molecule has 0 spiro atoms. The Morgan fingerprint density at radius 2 is 2.19 bits per heavy atom. The van der Waals surface area contributed by atoms with Gasteiger partial charge in [0.05, 0.1) is 23.1 Å². The monoisotopic (exact) mass is 261 g/mol. The summed E-state index contributed by atoms with van der Waals surface area (Å²) in [5, 5.41) is 0.819. The number of hydrogen-bond donors (Lipinski definition) is 1. The third kappa shape index (κ3) is 3.37. The number of nitrogens with two attached hydrogens (primary N) is 1. The maximum absolute atomic E-state index is 11.2. The molecular formula is C11H13Cl2NO2. The maximum Gasteiger partial charge on any atom is 0.307 e. The van der Waals surface area contributed by atoms with Gasteiger partial charge in [-0.25, -0.2) is 0 Å². The number of benzene rings is 1. The van der Waals surface area contributed by atoms with Gasteiger partial charge in [-0.2, -0.15) is 0 Å². The van der Waals surface area contributed by atoms with E-state index in [4.69, 9.17) is 33.7 Å². The average Bonchev–Trinajstić information content (AvgIpc) is 2.22. The lowest BCUT2D eigenvalue weighted by Crippen LogP contribution is -2.17. The van der Waals surface area contributed by atoms with Crippen LogP contribution in [0.25, 0.3) is 0 Å². The van der Waals surface area contributed by atoms with Gasteiger partial charge in [0.25, 0.3) is 0 Å². The van der Waals surface area contributed by atoms with Crippen molar-refractivity contribution in [2.75, 3.05) is 6.61 Å². The van der Waals surface area contributed by atoms with Crippen LogP contribution in [0.1, 0.15) is 24.9 Å². The molecule has 0 heterocycles. The summed E-state index contributed by atoms with van der Waals surface area (Å²) in [5.41, 5.74) is 6.51. The summed E-state index contributed by atoms with van der Waals surface area (Å²) in [7, 11) is 0. The van der Waals surface area contributed by atoms with E-state index in [1.165, 1.54) is 0 Å². The highest BCUT2D eigenvalue weighted by molar-refractivity contribution is 6.42. The predicted octanol–water partition coefficient (Wildman–Crippen LogP) is 2.95. The topological polar surface area (TPSA) is 52.3 Å². The van der Waals surface area contributed by atoms with E-state index in [1.807, 2.05) is 0 Å². The molecule has 1 rings (SSSR count). The van der Waals surface area contributed by atoms with Gasteiger partial charge in [0.15, 0.2) is 0 Å². The van der Waals surface area contributed by atoms with Crippen molar-refractivity contribution in [3.8, 4) is 0 Å². The van der Waals surface area contributed by atoms with Crippen LogP contribution in [0.3, 0.4) is 0 Å². The number of esters is 1. The zero-order chi connectivity index (χ0) is 12.1. The van der Waals surface area contributed by atoms with E-state index in [-0.39, 0.29) is 12.4 Å². The Labute approximate surface area is 104 Å². The van der Waals surface area contributed by atoms with Crippen molar-refractivity contribution in [2.45, 2.75) is 19.4 Å². The van der Waals surface area contributed by atoms with Crippen molar-refractivity contribution in [3.05, 3.63) is 33.8 Å². The SMILES string of the molecule is CCOC(=O)C[C@@H](N)c1cccc(Cl)c1Cl. The first kappa shape index (κ1) is 13.3. The Bertz CT molecular complexity index is 382. The molecular weight excluding hydrogens is 249 g/mol. The largest absolute Gasteiger partial charge is 0.466 e. The fraction of sp³-hybridized carbons (Fsp3) is 0.364. The van der Waals surface area contributed by atoms with Gasteiger partial charge in [0.2, 0.25) is 0 Å². The summed E-state index contributed by atoms with van der Waals surface area (Å²) in [6.07, 6.45) is 0.0912. The van der Waals surface area contributed by atoms with Crippen molar-refractivity contribution in [2.24, 2.45) is 5.73 Å². The molecule has 88 valence electrons. The Balaban J connectivity index is 2.76. The zero-order valence-corrected chi connectivity index (χ0v) is 10.4. The summed E-state index contributed by atoms with van der Waals surface area (Å²) in [5.74, 6) is -0.342. The molecule has 0 amide bonds. The molecule has 0 unspecified atom stereocenters. The molecule has 1 aromatic carbocycles. The first-order valence-corrected chi connectivity index (χ1v) is 5.67. The van der Waals surface area contributed by atoms with E-state index in [2.05, 4.69) is 0 Å². The molecule has 0 aliphatic carbocycles. The van der Waals surface area contributed by atoms with Crippen molar-refractivity contribution >= 4 is 29.2 Å². The highest BCUT2D eigenvalue weighted by atomic mass is 35.5. The van der Waals surface area contributed by atoms with Crippen LogP contribution in [-0.4, -0.2) is 12.6 Å². The molecule has 0 aliphatic heterocycles. The molecule has 0 radical (unpaired) electrons. The number of carbonyl (C=O) groups is 1. The highest BCUT2D eigenvalue weighted by Crippen LogP contribution is 2.30. The minimum Gasteiger partial charge on any atom is -0.466 e. The van der Waals surface area contributed by atoms with Gasteiger partial charge >= 0.3 is 5.97 Å². The van der Waals surface area contributed by atoms with Crippen LogP contribution in [-0.2, 0) is 9.53 Å². The molecule has 2 N–H and O–H groups in total. The molecule has 0 saturated heterocycles. The minimum absolute atomic E-state index is 0.0912. The van der Waals surface area contributed by atoms with E-state index in [1.54, 1.807) is 25.1 Å². The van der Waals surface area contributed by atoms with Crippen molar-refractivity contribution in [1.29, 1.82) is 0 Å². The van der Waals surface area contributed by atoms with Gasteiger partial charge in [-0.15, -0.1) is 0 Å². The van der Waals surface area contributed by atoms with Crippen LogP contribution in [0, 0.1) is 0 Å². The Morgan fingerprint density at radius 3 is 2.81 bits per heavy atom. The van der Waals surface area contributed by atoms with Gasteiger partial charge in [-0.3, -0.25) is 4.79 Å². The summed E-state index contributed by atoms with van der Waals surface area (Å²) in [4.78, 5) is 11.2. The van der Waals surface area contributed by atoms with Gasteiger partial charge < -0.3 is 10.5 Å². The van der Waals surface area contributed by atoms with Crippen LogP contribution in [0.4, 0.5) is 0 Å². The third-order valence-electron chi connectivity index (χ3n) is 2.07. The van der Waals surface area contributed by atoms with E-state index >= 15 is 0 Å². The molecule has 0 aromatic heterocycles. The van der Waals surface area contributed by atoms with E-state index in [0.717, 1.165) is 0 Å². The highest BCUT2D eigenvalue weighted by Gasteiger charge is 2.16. The van der Waals surface area contributed by atoms with E-state index in [0.29, 0.717) is 22.2 Å². The molecule has 0 saturated carbocycles. The lowest BCUT2D eigenvalue weighted by molar-refractivity contribution is -0.143. The molecule has 1 aromatic rings. The zero-order valence-electron chi connectivity index (χ0n) is 8.87. The van der Waals surface area contributed by atoms with Crippen LogP contribution in [0.2, 0.25) is 10.0 Å². The molecule has 0 aliphatic rings. The summed E-state index contributed by atoms with van der Waals surface area (Å²) < 4.78 is 4.81. The van der Waals surface area contributed by atoms with E-state index < -0.39 is 6.04 Å². The van der Waals surface area contributed by atoms with Crippen molar-refractivity contribution in [1.82, 2.24) is 0 Å². The van der Waals surface area contributed by atoms with Crippen LogP contribution < -0.4 is 5.73 Å². The summed E-state index contributed by atoms with van der Waals surface area (Å²) in [6.45, 7) is 2.09. The Kier molecular flexibility index (Phi) is 5.06. The lowest BCUT2D eigenvalue weighted by Gasteiger charge is -2.13. The van der Waals surface area contributed by atoms with Crippen molar-refractivity contribution in [3.63, 3.8) is 0 Å². The molecule has 1 atom stereocenters. The Morgan fingerprint density at radius 1 is 1.50 bits per heavy atom. The second-order valence-electron chi connectivity index (χ2n) is 3.26. The fourth-order valence-electron chi connectivity index (χ4n) is 1.32. The molecule has 0 fully saturated rings. The fourth-order valence-corrected chi connectivity index (χ4v) is 1.76. The first-order valence-electron chi connectivity index (χ1n) is 4.91. The van der Waals surface area contributed by atoms with Crippen LogP contribution in [0.15, 0.2) is 18.2 Å². The maximum atomic E-state index is 11.2. The normalized spacial score (nSPS) is 12.2. The van der Waals surface area contributed by atoms with Gasteiger partial charge in [-0.1, -0.05) is 35.3 Å². The molecule has 5 heteroatoms. The van der Waals surface area contributed by atoms with Crippen LogP contribution in [0.5, 0.6) is 0 Å². The standard InChI is InChI=1S/C11H13Cl2NO2/c1-2-16-10(15)6-9(14)7-4-3-5-8(12)11(7)13/h3-5,9H,2,6,14H2,1H3/t9-/m1/s1. The van der Waals surface area contributed by atoms with Crippen molar-refractivity contribution < 1.29 is 9.53 Å². The van der Waals surface area contributed by atoms with E-state index in [9.17, 15) is 4.79 Å². The van der Waals surface area contributed by atoms with Gasteiger partial charge in [0, 0.05) is 6.04 Å². The number of halogens is 2. The number of ether oxygens (including phenoxy) is 1. The number of carbonyl (C=O) groups excluding carboxylic acids is 1. The molecule has 3 nitrogen and oxygen atoms in total. The average molecular weight is 262 g/mol. The number of rotatable bonds is 4. The lowest BCUT2D eigenvalue weighted by atomic mass is 10.0. The molecule has 16 heavy (non-hydrogen) atoms. The quantitative estimate of drug-likeness (QED) is 0.849. The van der Waals surface area contributed by atoms with Gasteiger partial charge in [0.1, 0.15) is 0 Å². The smallest absolute Gasteiger partial charge is 0.307 e. The predicted molar refractivity (Wildman–Crippen MR) is 64.6 cm³/mol.